The molecule has 6 heteroatoms. The van der Waals surface area contributed by atoms with Gasteiger partial charge in [-0.2, -0.15) is 18.4 Å². The van der Waals surface area contributed by atoms with Gasteiger partial charge in [0.15, 0.2) is 0 Å². The van der Waals surface area contributed by atoms with Crippen LogP contribution in [-0.4, -0.2) is 19.1 Å². The first-order chi connectivity index (χ1) is 8.97. The SMILES string of the molecule is N#Cc1ccc(N2CCCC2CN)cc1C(F)(F)F. The first-order valence-corrected chi connectivity index (χ1v) is 6.05. The van der Waals surface area contributed by atoms with Crippen LogP contribution >= 0.6 is 0 Å². The summed E-state index contributed by atoms with van der Waals surface area (Å²) in [6.07, 6.45) is -2.71. The van der Waals surface area contributed by atoms with Crippen molar-refractivity contribution < 1.29 is 13.2 Å². The standard InChI is InChI=1S/C13H14F3N3/c14-13(15,16)12-6-10(4-3-9(12)7-17)19-5-1-2-11(19)8-18/h3-4,6,11H,1-2,5,8,18H2. The molecule has 102 valence electrons. The van der Waals surface area contributed by atoms with E-state index < -0.39 is 11.7 Å². The maximum absolute atomic E-state index is 12.9. The minimum Gasteiger partial charge on any atom is -0.367 e. The predicted molar refractivity (Wildman–Crippen MR) is 65.6 cm³/mol. The molecule has 1 heterocycles. The Kier molecular flexibility index (Phi) is 3.67. The largest absolute Gasteiger partial charge is 0.417 e. The number of halogens is 3. The molecule has 0 radical (unpaired) electrons. The Balaban J connectivity index is 2.41. The first kappa shape index (κ1) is 13.7. The molecule has 1 atom stereocenters. The minimum absolute atomic E-state index is 0.0778. The molecule has 0 aliphatic carbocycles. The molecule has 0 saturated carbocycles. The molecule has 2 rings (SSSR count). The van der Waals surface area contributed by atoms with Crippen LogP contribution < -0.4 is 10.6 Å². The second-order valence-electron chi connectivity index (χ2n) is 4.56. The molecule has 1 aromatic rings. The number of alkyl halides is 3. The zero-order valence-corrected chi connectivity index (χ0v) is 10.2. The van der Waals surface area contributed by atoms with E-state index in [4.69, 9.17) is 11.0 Å². The van der Waals surface area contributed by atoms with Crippen molar-refractivity contribution in [1.82, 2.24) is 0 Å². The van der Waals surface area contributed by atoms with Crippen LogP contribution in [0.5, 0.6) is 0 Å². The number of hydrogen-bond acceptors (Lipinski definition) is 3. The topological polar surface area (TPSA) is 53.0 Å². The Bertz CT molecular complexity index is 505. The van der Waals surface area contributed by atoms with Crippen molar-refractivity contribution in [1.29, 1.82) is 5.26 Å². The molecular formula is C13H14F3N3. The fraction of sp³-hybridized carbons (Fsp3) is 0.462. The molecule has 1 aliphatic heterocycles. The normalized spacial score (nSPS) is 19.5. The van der Waals surface area contributed by atoms with Crippen LogP contribution in [-0.2, 0) is 6.18 Å². The van der Waals surface area contributed by atoms with Gasteiger partial charge in [0.2, 0.25) is 0 Å². The van der Waals surface area contributed by atoms with E-state index in [0.29, 0.717) is 18.8 Å². The van der Waals surface area contributed by atoms with Crippen molar-refractivity contribution in [3.8, 4) is 6.07 Å². The molecule has 0 amide bonds. The smallest absolute Gasteiger partial charge is 0.367 e. The van der Waals surface area contributed by atoms with E-state index in [9.17, 15) is 13.2 Å². The third kappa shape index (κ3) is 2.66. The van der Waals surface area contributed by atoms with Gasteiger partial charge in [0.1, 0.15) is 0 Å². The molecule has 19 heavy (non-hydrogen) atoms. The fourth-order valence-electron chi connectivity index (χ4n) is 2.46. The third-order valence-corrected chi connectivity index (χ3v) is 3.41. The highest BCUT2D eigenvalue weighted by atomic mass is 19.4. The lowest BCUT2D eigenvalue weighted by Crippen LogP contribution is -2.35. The molecule has 3 nitrogen and oxygen atoms in total. The summed E-state index contributed by atoms with van der Waals surface area (Å²) in [6.45, 7) is 1.12. The lowest BCUT2D eigenvalue weighted by atomic mass is 10.1. The van der Waals surface area contributed by atoms with Gasteiger partial charge < -0.3 is 10.6 Å². The van der Waals surface area contributed by atoms with Crippen LogP contribution in [0.4, 0.5) is 18.9 Å². The van der Waals surface area contributed by atoms with E-state index in [1.54, 1.807) is 12.1 Å². The monoisotopic (exact) mass is 269 g/mol. The van der Waals surface area contributed by atoms with E-state index in [2.05, 4.69) is 0 Å². The van der Waals surface area contributed by atoms with E-state index >= 15 is 0 Å². The van der Waals surface area contributed by atoms with Crippen LogP contribution in [0.25, 0.3) is 0 Å². The van der Waals surface area contributed by atoms with Crippen molar-refractivity contribution in [3.05, 3.63) is 29.3 Å². The van der Waals surface area contributed by atoms with Gasteiger partial charge in [-0.1, -0.05) is 0 Å². The van der Waals surface area contributed by atoms with Crippen molar-refractivity contribution in [2.45, 2.75) is 25.1 Å². The van der Waals surface area contributed by atoms with E-state index in [1.807, 2.05) is 4.90 Å². The van der Waals surface area contributed by atoms with Gasteiger partial charge in [-0.15, -0.1) is 0 Å². The number of nitriles is 1. The zero-order chi connectivity index (χ0) is 14.0. The van der Waals surface area contributed by atoms with Crippen molar-refractivity contribution in [2.24, 2.45) is 5.73 Å². The van der Waals surface area contributed by atoms with Gasteiger partial charge in [-0.05, 0) is 31.0 Å². The molecule has 1 aliphatic rings. The maximum Gasteiger partial charge on any atom is 0.417 e. The number of rotatable bonds is 2. The summed E-state index contributed by atoms with van der Waals surface area (Å²) in [4.78, 5) is 1.89. The molecular weight excluding hydrogens is 255 g/mol. The lowest BCUT2D eigenvalue weighted by Gasteiger charge is -2.26. The van der Waals surface area contributed by atoms with Gasteiger partial charge in [0, 0.05) is 24.8 Å². The Morgan fingerprint density at radius 1 is 1.42 bits per heavy atom. The lowest BCUT2D eigenvalue weighted by molar-refractivity contribution is -0.137. The maximum atomic E-state index is 12.9. The first-order valence-electron chi connectivity index (χ1n) is 6.05. The molecule has 1 unspecified atom stereocenters. The quantitative estimate of drug-likeness (QED) is 0.897. The Hall–Kier alpha value is -1.74. The minimum atomic E-state index is -4.51. The molecule has 1 fully saturated rings. The van der Waals surface area contributed by atoms with Crippen molar-refractivity contribution in [3.63, 3.8) is 0 Å². The molecule has 0 bridgehead atoms. The number of benzene rings is 1. The second-order valence-corrected chi connectivity index (χ2v) is 4.56. The highest BCUT2D eigenvalue weighted by molar-refractivity contribution is 5.56. The Labute approximate surface area is 109 Å². The molecule has 0 spiro atoms. The van der Waals surface area contributed by atoms with Gasteiger partial charge in [0.25, 0.3) is 0 Å². The van der Waals surface area contributed by atoms with E-state index in [-0.39, 0.29) is 11.6 Å². The predicted octanol–water partition coefficient (Wildman–Crippen LogP) is 2.50. The summed E-state index contributed by atoms with van der Waals surface area (Å²) in [5, 5.41) is 8.75. The van der Waals surface area contributed by atoms with Gasteiger partial charge in [0.05, 0.1) is 17.2 Å². The molecule has 0 aromatic heterocycles. The fourth-order valence-corrected chi connectivity index (χ4v) is 2.46. The van der Waals surface area contributed by atoms with Crippen LogP contribution in [0.2, 0.25) is 0 Å². The number of nitrogens with two attached hydrogens (primary N) is 1. The van der Waals surface area contributed by atoms with Crippen LogP contribution in [0.15, 0.2) is 18.2 Å². The highest BCUT2D eigenvalue weighted by Crippen LogP contribution is 2.35. The summed E-state index contributed by atoms with van der Waals surface area (Å²) in [7, 11) is 0. The van der Waals surface area contributed by atoms with Crippen LogP contribution in [0.1, 0.15) is 24.0 Å². The molecule has 1 saturated heterocycles. The summed E-state index contributed by atoms with van der Waals surface area (Å²) < 4.78 is 38.7. The summed E-state index contributed by atoms with van der Waals surface area (Å²) in [5.41, 5.74) is 4.88. The van der Waals surface area contributed by atoms with E-state index in [1.165, 1.54) is 6.07 Å². The molecule has 1 aromatic carbocycles. The average Bonchev–Trinajstić information content (AvgIpc) is 2.85. The Morgan fingerprint density at radius 3 is 2.74 bits per heavy atom. The van der Waals surface area contributed by atoms with Gasteiger partial charge in [-0.3, -0.25) is 0 Å². The average molecular weight is 269 g/mol. The number of anilines is 1. The second kappa shape index (κ2) is 5.10. The van der Waals surface area contributed by atoms with Crippen LogP contribution in [0.3, 0.4) is 0 Å². The number of hydrogen-bond donors (Lipinski definition) is 1. The third-order valence-electron chi connectivity index (χ3n) is 3.41. The summed E-state index contributed by atoms with van der Waals surface area (Å²) >= 11 is 0. The number of nitrogens with zero attached hydrogens (tertiary/aromatic N) is 2. The van der Waals surface area contributed by atoms with Crippen molar-refractivity contribution in [2.75, 3.05) is 18.0 Å². The summed E-state index contributed by atoms with van der Waals surface area (Å²) in [5.74, 6) is 0. The molecule has 2 N–H and O–H groups in total. The highest BCUT2D eigenvalue weighted by Gasteiger charge is 2.35. The zero-order valence-electron chi connectivity index (χ0n) is 10.2. The van der Waals surface area contributed by atoms with Crippen molar-refractivity contribution >= 4 is 5.69 Å². The summed E-state index contributed by atoms with van der Waals surface area (Å²) in [6, 6.07) is 5.49. The van der Waals surface area contributed by atoms with E-state index in [0.717, 1.165) is 18.9 Å². The van der Waals surface area contributed by atoms with Gasteiger partial charge >= 0.3 is 6.18 Å². The van der Waals surface area contributed by atoms with Crippen LogP contribution in [0, 0.1) is 11.3 Å². The van der Waals surface area contributed by atoms with Gasteiger partial charge in [-0.25, -0.2) is 0 Å². The Morgan fingerprint density at radius 2 is 2.16 bits per heavy atom.